The molecule has 0 saturated carbocycles. The van der Waals surface area contributed by atoms with Gasteiger partial charge in [0, 0.05) is 22.0 Å². The quantitative estimate of drug-likeness (QED) is 0.297. The molecule has 0 unspecified atom stereocenters. The van der Waals surface area contributed by atoms with Gasteiger partial charge in [-0.3, -0.25) is 4.57 Å². The van der Waals surface area contributed by atoms with Gasteiger partial charge in [-0.05, 0) is 59.9 Å². The predicted octanol–water partition coefficient (Wildman–Crippen LogP) is 7.49. The van der Waals surface area contributed by atoms with Gasteiger partial charge in [0.25, 0.3) is 0 Å². The highest BCUT2D eigenvalue weighted by Crippen LogP contribution is 2.31. The SMILES string of the molecule is Cc1ccc(-n2c(SCc3ccc(C(C)(C)C)cc3)nnc2-c2ccc(Cl)cc2)cc1. The van der Waals surface area contributed by atoms with Crippen LogP contribution in [-0.4, -0.2) is 14.8 Å². The van der Waals surface area contributed by atoms with Crippen molar-refractivity contribution in [3.8, 4) is 17.1 Å². The van der Waals surface area contributed by atoms with Gasteiger partial charge >= 0.3 is 0 Å². The van der Waals surface area contributed by atoms with E-state index in [0.29, 0.717) is 5.02 Å². The molecule has 158 valence electrons. The van der Waals surface area contributed by atoms with E-state index in [1.165, 1.54) is 16.7 Å². The van der Waals surface area contributed by atoms with Gasteiger partial charge in [0.1, 0.15) is 0 Å². The Labute approximate surface area is 193 Å². The Morgan fingerprint density at radius 3 is 2.10 bits per heavy atom. The van der Waals surface area contributed by atoms with Crippen LogP contribution in [0.4, 0.5) is 0 Å². The van der Waals surface area contributed by atoms with Gasteiger partial charge in [-0.2, -0.15) is 0 Å². The summed E-state index contributed by atoms with van der Waals surface area (Å²) < 4.78 is 2.12. The van der Waals surface area contributed by atoms with Crippen molar-refractivity contribution in [2.24, 2.45) is 0 Å². The van der Waals surface area contributed by atoms with E-state index in [1.54, 1.807) is 11.8 Å². The second-order valence-corrected chi connectivity index (χ2v) is 10.1. The fraction of sp³-hybridized carbons (Fsp3) is 0.231. The third-order valence-electron chi connectivity index (χ3n) is 5.22. The van der Waals surface area contributed by atoms with Gasteiger partial charge in [0.2, 0.25) is 0 Å². The van der Waals surface area contributed by atoms with E-state index >= 15 is 0 Å². The molecule has 4 rings (SSSR count). The normalized spacial score (nSPS) is 11.6. The maximum atomic E-state index is 6.09. The van der Waals surface area contributed by atoms with Crippen molar-refractivity contribution in [3.05, 3.63) is 94.5 Å². The topological polar surface area (TPSA) is 30.7 Å². The largest absolute Gasteiger partial charge is 0.270 e. The van der Waals surface area contributed by atoms with E-state index in [-0.39, 0.29) is 5.41 Å². The average molecular weight is 448 g/mol. The molecule has 0 fully saturated rings. The van der Waals surface area contributed by atoms with Crippen LogP contribution in [0.25, 0.3) is 17.1 Å². The van der Waals surface area contributed by atoms with E-state index in [1.807, 2.05) is 24.3 Å². The molecule has 0 spiro atoms. The first kappa shape index (κ1) is 21.7. The molecule has 0 bridgehead atoms. The summed E-state index contributed by atoms with van der Waals surface area (Å²) in [6.45, 7) is 8.80. The Kier molecular flexibility index (Phi) is 6.22. The van der Waals surface area contributed by atoms with Gasteiger partial charge in [-0.1, -0.05) is 86.1 Å². The minimum atomic E-state index is 0.158. The molecule has 31 heavy (non-hydrogen) atoms. The van der Waals surface area contributed by atoms with Gasteiger partial charge in [-0.15, -0.1) is 10.2 Å². The first-order valence-electron chi connectivity index (χ1n) is 10.3. The van der Waals surface area contributed by atoms with Gasteiger partial charge in [0.15, 0.2) is 11.0 Å². The summed E-state index contributed by atoms with van der Waals surface area (Å²) in [5.41, 5.74) is 6.02. The molecule has 0 atom stereocenters. The van der Waals surface area contributed by atoms with Crippen LogP contribution >= 0.6 is 23.4 Å². The highest BCUT2D eigenvalue weighted by molar-refractivity contribution is 7.98. The Hall–Kier alpha value is -2.56. The summed E-state index contributed by atoms with van der Waals surface area (Å²) in [5, 5.41) is 10.6. The lowest BCUT2D eigenvalue weighted by Crippen LogP contribution is -2.10. The lowest BCUT2D eigenvalue weighted by molar-refractivity contribution is 0.590. The summed E-state index contributed by atoms with van der Waals surface area (Å²) in [6.07, 6.45) is 0. The molecule has 0 aliphatic heterocycles. The van der Waals surface area contributed by atoms with Crippen LogP contribution in [0.3, 0.4) is 0 Å². The van der Waals surface area contributed by atoms with Crippen molar-refractivity contribution in [1.29, 1.82) is 0 Å². The highest BCUT2D eigenvalue weighted by Gasteiger charge is 2.17. The number of halogens is 1. The van der Waals surface area contributed by atoms with Crippen LogP contribution in [0.1, 0.15) is 37.5 Å². The molecular formula is C26H26ClN3S. The predicted molar refractivity (Wildman–Crippen MR) is 131 cm³/mol. The van der Waals surface area contributed by atoms with Gasteiger partial charge in [-0.25, -0.2) is 0 Å². The number of rotatable bonds is 5. The van der Waals surface area contributed by atoms with Gasteiger partial charge < -0.3 is 0 Å². The lowest BCUT2D eigenvalue weighted by atomic mass is 9.87. The highest BCUT2D eigenvalue weighted by atomic mass is 35.5. The van der Waals surface area contributed by atoms with Crippen LogP contribution in [-0.2, 0) is 11.2 Å². The molecule has 3 nitrogen and oxygen atoms in total. The van der Waals surface area contributed by atoms with E-state index < -0.39 is 0 Å². The minimum absolute atomic E-state index is 0.158. The summed E-state index contributed by atoms with van der Waals surface area (Å²) >= 11 is 7.78. The fourth-order valence-corrected chi connectivity index (χ4v) is 4.36. The Morgan fingerprint density at radius 2 is 1.48 bits per heavy atom. The van der Waals surface area contributed by atoms with Crippen LogP contribution in [0.5, 0.6) is 0 Å². The Morgan fingerprint density at radius 1 is 0.839 bits per heavy atom. The van der Waals surface area contributed by atoms with Crippen molar-refractivity contribution in [3.63, 3.8) is 0 Å². The Bertz CT molecular complexity index is 1160. The standard InChI is InChI=1S/C26H26ClN3S/c1-18-5-15-23(16-6-18)30-24(20-9-13-22(27)14-10-20)28-29-25(30)31-17-19-7-11-21(12-8-19)26(2,3)4/h5-16H,17H2,1-4H3. The summed E-state index contributed by atoms with van der Waals surface area (Å²) in [6, 6.07) is 25.0. The molecule has 0 amide bonds. The number of aromatic nitrogens is 3. The molecule has 1 heterocycles. The third-order valence-corrected chi connectivity index (χ3v) is 6.47. The monoisotopic (exact) mass is 447 g/mol. The van der Waals surface area contributed by atoms with Crippen molar-refractivity contribution < 1.29 is 0 Å². The molecule has 4 aromatic rings. The van der Waals surface area contributed by atoms with E-state index in [4.69, 9.17) is 11.6 Å². The zero-order chi connectivity index (χ0) is 22.0. The maximum absolute atomic E-state index is 6.09. The maximum Gasteiger partial charge on any atom is 0.196 e. The summed E-state index contributed by atoms with van der Waals surface area (Å²) in [5.74, 6) is 1.64. The second kappa shape index (κ2) is 8.89. The smallest absolute Gasteiger partial charge is 0.196 e. The number of benzene rings is 3. The number of thioether (sulfide) groups is 1. The van der Waals surface area contributed by atoms with E-state index in [2.05, 4.69) is 91.0 Å². The summed E-state index contributed by atoms with van der Waals surface area (Å²) in [7, 11) is 0. The molecule has 5 heteroatoms. The van der Waals surface area contributed by atoms with Crippen molar-refractivity contribution in [1.82, 2.24) is 14.8 Å². The molecule has 0 saturated heterocycles. The molecule has 0 N–H and O–H groups in total. The Balaban J connectivity index is 1.66. The summed E-state index contributed by atoms with van der Waals surface area (Å²) in [4.78, 5) is 0. The zero-order valence-corrected chi connectivity index (χ0v) is 19.8. The average Bonchev–Trinajstić information content (AvgIpc) is 3.17. The van der Waals surface area contributed by atoms with Crippen molar-refractivity contribution in [2.75, 3.05) is 0 Å². The van der Waals surface area contributed by atoms with Crippen LogP contribution in [0.15, 0.2) is 78.0 Å². The van der Waals surface area contributed by atoms with E-state index in [0.717, 1.165) is 28.0 Å². The zero-order valence-electron chi connectivity index (χ0n) is 18.3. The molecular weight excluding hydrogens is 422 g/mol. The van der Waals surface area contributed by atoms with Gasteiger partial charge in [0.05, 0.1) is 0 Å². The van der Waals surface area contributed by atoms with Crippen molar-refractivity contribution >= 4 is 23.4 Å². The van der Waals surface area contributed by atoms with Crippen molar-refractivity contribution in [2.45, 2.75) is 44.0 Å². The van der Waals surface area contributed by atoms with Crippen LogP contribution in [0, 0.1) is 6.92 Å². The second-order valence-electron chi connectivity index (χ2n) is 8.72. The first-order valence-corrected chi connectivity index (χ1v) is 11.7. The number of hydrogen-bond donors (Lipinski definition) is 0. The number of hydrogen-bond acceptors (Lipinski definition) is 3. The molecule has 1 aromatic heterocycles. The number of aryl methyl sites for hydroxylation is 1. The van der Waals surface area contributed by atoms with E-state index in [9.17, 15) is 0 Å². The first-order chi connectivity index (χ1) is 14.8. The molecule has 0 aliphatic carbocycles. The molecule has 3 aromatic carbocycles. The molecule has 0 radical (unpaired) electrons. The van der Waals surface area contributed by atoms with Crippen LogP contribution < -0.4 is 0 Å². The lowest BCUT2D eigenvalue weighted by Gasteiger charge is -2.19. The third kappa shape index (κ3) is 5.03. The van der Waals surface area contributed by atoms with Crippen LogP contribution in [0.2, 0.25) is 5.02 Å². The molecule has 0 aliphatic rings. The number of nitrogens with zero attached hydrogens (tertiary/aromatic N) is 3. The fourth-order valence-electron chi connectivity index (χ4n) is 3.32. The minimum Gasteiger partial charge on any atom is -0.270 e.